The molecule has 0 saturated carbocycles. The molecular formula is C14H25NO. The van der Waals surface area contributed by atoms with Crippen LogP contribution < -0.4 is 5.32 Å². The van der Waals surface area contributed by atoms with Gasteiger partial charge in [0.15, 0.2) is 0 Å². The summed E-state index contributed by atoms with van der Waals surface area (Å²) in [5, 5.41) is 3.00. The van der Waals surface area contributed by atoms with Crippen LogP contribution in [0, 0.1) is 23.2 Å². The first kappa shape index (κ1) is 15.0. The normalized spacial score (nSPS) is 13.1. The largest absolute Gasteiger partial charge is 0.351 e. The van der Waals surface area contributed by atoms with Crippen molar-refractivity contribution in [2.45, 2.75) is 60.4 Å². The van der Waals surface area contributed by atoms with E-state index in [4.69, 9.17) is 6.42 Å². The van der Waals surface area contributed by atoms with Crippen LogP contribution in [0.2, 0.25) is 0 Å². The molecule has 0 aliphatic heterocycles. The summed E-state index contributed by atoms with van der Waals surface area (Å²) in [6.45, 7) is 13.8. The van der Waals surface area contributed by atoms with Crippen LogP contribution in [0.25, 0.3) is 0 Å². The summed E-state index contributed by atoms with van der Waals surface area (Å²) < 4.78 is 0. The van der Waals surface area contributed by atoms with Crippen molar-refractivity contribution >= 4 is 5.91 Å². The monoisotopic (exact) mass is 223 g/mol. The first-order valence-corrected chi connectivity index (χ1v) is 5.70. The van der Waals surface area contributed by atoms with Crippen molar-refractivity contribution in [1.82, 2.24) is 5.32 Å². The molecule has 0 aliphatic rings. The molecule has 0 fully saturated rings. The Labute approximate surface area is 100 Å². The molecule has 0 bridgehead atoms. The quantitative estimate of drug-likeness (QED) is 0.732. The van der Waals surface area contributed by atoms with Crippen LogP contribution in [0.3, 0.4) is 0 Å². The molecule has 2 nitrogen and oxygen atoms in total. The average Bonchev–Trinajstić information content (AvgIpc) is 1.99. The van der Waals surface area contributed by atoms with E-state index in [1.54, 1.807) is 0 Å². The van der Waals surface area contributed by atoms with Gasteiger partial charge in [0.2, 0.25) is 5.91 Å². The highest BCUT2D eigenvalue weighted by Crippen LogP contribution is 2.33. The lowest BCUT2D eigenvalue weighted by Crippen LogP contribution is -2.48. The molecule has 92 valence electrons. The van der Waals surface area contributed by atoms with E-state index in [0.717, 1.165) is 0 Å². The Kier molecular flexibility index (Phi) is 4.22. The fraction of sp³-hybridized carbons (Fsp3) is 0.786. The summed E-state index contributed by atoms with van der Waals surface area (Å²) in [5.41, 5.74) is -0.892. The van der Waals surface area contributed by atoms with E-state index in [1.165, 1.54) is 0 Å². The van der Waals surface area contributed by atoms with Crippen LogP contribution in [0.15, 0.2) is 0 Å². The lowest BCUT2D eigenvalue weighted by atomic mass is 9.75. The van der Waals surface area contributed by atoms with Gasteiger partial charge in [-0.05, 0) is 41.0 Å². The Bertz CT molecular complexity index is 300. The Hall–Kier alpha value is -0.970. The standard InChI is InChI=1S/C14H25NO/c1-9-13(5,6)10-14(7,8)11(16)15-12(2,3)4/h1H,10H2,2-8H3,(H,15,16). The van der Waals surface area contributed by atoms with E-state index in [9.17, 15) is 4.79 Å². The minimum absolute atomic E-state index is 0.0586. The second-order valence-electron chi connectivity index (χ2n) is 6.79. The summed E-state index contributed by atoms with van der Waals surface area (Å²) >= 11 is 0. The number of nitrogens with one attached hydrogen (secondary N) is 1. The third kappa shape index (κ3) is 5.21. The van der Waals surface area contributed by atoms with E-state index < -0.39 is 5.41 Å². The molecule has 0 atom stereocenters. The predicted molar refractivity (Wildman–Crippen MR) is 68.9 cm³/mol. The topological polar surface area (TPSA) is 29.1 Å². The molecule has 2 heteroatoms. The van der Waals surface area contributed by atoms with Crippen LogP contribution in [0.1, 0.15) is 54.9 Å². The van der Waals surface area contributed by atoms with Crippen LogP contribution >= 0.6 is 0 Å². The zero-order valence-electron chi connectivity index (χ0n) is 11.7. The molecule has 0 heterocycles. The Morgan fingerprint density at radius 2 is 1.56 bits per heavy atom. The minimum atomic E-state index is -0.441. The molecule has 0 aromatic rings. The highest BCUT2D eigenvalue weighted by molar-refractivity contribution is 5.82. The number of carbonyl (C=O) groups is 1. The third-order valence-electron chi connectivity index (χ3n) is 2.38. The number of amides is 1. The fourth-order valence-corrected chi connectivity index (χ4v) is 1.75. The van der Waals surface area contributed by atoms with Crippen LogP contribution in [-0.4, -0.2) is 11.4 Å². The maximum absolute atomic E-state index is 12.1. The first-order chi connectivity index (χ1) is 6.90. The molecule has 0 saturated heterocycles. The van der Waals surface area contributed by atoms with E-state index in [2.05, 4.69) is 11.2 Å². The van der Waals surface area contributed by atoms with E-state index >= 15 is 0 Å². The Morgan fingerprint density at radius 1 is 1.12 bits per heavy atom. The Balaban J connectivity index is 4.69. The third-order valence-corrected chi connectivity index (χ3v) is 2.38. The van der Waals surface area contributed by atoms with Gasteiger partial charge in [0.25, 0.3) is 0 Å². The number of hydrogen-bond donors (Lipinski definition) is 1. The number of rotatable bonds is 3. The molecule has 0 rings (SSSR count). The van der Waals surface area contributed by atoms with Crippen LogP contribution in [-0.2, 0) is 4.79 Å². The van der Waals surface area contributed by atoms with Crippen molar-refractivity contribution in [3.8, 4) is 12.3 Å². The molecule has 0 spiro atoms. The van der Waals surface area contributed by atoms with Crippen molar-refractivity contribution in [3.05, 3.63) is 0 Å². The molecule has 0 aromatic heterocycles. The molecule has 16 heavy (non-hydrogen) atoms. The predicted octanol–water partition coefficient (Wildman–Crippen LogP) is 2.98. The SMILES string of the molecule is C#CC(C)(C)CC(C)(C)C(=O)NC(C)(C)C. The van der Waals surface area contributed by atoms with Crippen molar-refractivity contribution in [3.63, 3.8) is 0 Å². The van der Waals surface area contributed by atoms with Gasteiger partial charge in [0, 0.05) is 16.4 Å². The maximum atomic E-state index is 12.1. The van der Waals surface area contributed by atoms with Crippen LogP contribution in [0.4, 0.5) is 0 Å². The number of terminal acetylenes is 1. The molecular weight excluding hydrogens is 198 g/mol. The summed E-state index contributed by atoms with van der Waals surface area (Å²) in [7, 11) is 0. The van der Waals surface area contributed by atoms with Gasteiger partial charge in [0.05, 0.1) is 0 Å². The smallest absolute Gasteiger partial charge is 0.226 e. The van der Waals surface area contributed by atoms with Gasteiger partial charge in [-0.1, -0.05) is 13.8 Å². The first-order valence-electron chi connectivity index (χ1n) is 5.70. The molecule has 1 N–H and O–H groups in total. The fourth-order valence-electron chi connectivity index (χ4n) is 1.75. The average molecular weight is 223 g/mol. The molecule has 0 unspecified atom stereocenters. The van der Waals surface area contributed by atoms with E-state index in [-0.39, 0.29) is 16.9 Å². The van der Waals surface area contributed by atoms with Crippen molar-refractivity contribution in [2.24, 2.45) is 10.8 Å². The lowest BCUT2D eigenvalue weighted by Gasteiger charge is -2.33. The van der Waals surface area contributed by atoms with Gasteiger partial charge in [-0.3, -0.25) is 4.79 Å². The highest BCUT2D eigenvalue weighted by atomic mass is 16.2. The minimum Gasteiger partial charge on any atom is -0.351 e. The van der Waals surface area contributed by atoms with Gasteiger partial charge < -0.3 is 5.32 Å². The van der Waals surface area contributed by atoms with E-state index in [0.29, 0.717) is 6.42 Å². The zero-order chi connectivity index (χ0) is 13.2. The van der Waals surface area contributed by atoms with Gasteiger partial charge >= 0.3 is 0 Å². The van der Waals surface area contributed by atoms with Crippen molar-refractivity contribution < 1.29 is 4.79 Å². The Morgan fingerprint density at radius 3 is 1.88 bits per heavy atom. The second-order valence-corrected chi connectivity index (χ2v) is 6.79. The summed E-state index contributed by atoms with van der Waals surface area (Å²) in [5.74, 6) is 2.79. The summed E-state index contributed by atoms with van der Waals surface area (Å²) in [6, 6.07) is 0. The van der Waals surface area contributed by atoms with Crippen LogP contribution in [0.5, 0.6) is 0 Å². The second kappa shape index (κ2) is 4.49. The van der Waals surface area contributed by atoms with Gasteiger partial charge in [-0.25, -0.2) is 0 Å². The number of carbonyl (C=O) groups excluding carboxylic acids is 1. The van der Waals surface area contributed by atoms with Gasteiger partial charge in [-0.2, -0.15) is 0 Å². The molecule has 1 amide bonds. The van der Waals surface area contributed by atoms with Gasteiger partial charge in [-0.15, -0.1) is 12.3 Å². The van der Waals surface area contributed by atoms with Crippen molar-refractivity contribution in [2.75, 3.05) is 0 Å². The molecule has 0 radical (unpaired) electrons. The van der Waals surface area contributed by atoms with Crippen molar-refractivity contribution in [1.29, 1.82) is 0 Å². The molecule has 0 aliphatic carbocycles. The highest BCUT2D eigenvalue weighted by Gasteiger charge is 2.35. The van der Waals surface area contributed by atoms with Gasteiger partial charge in [0.1, 0.15) is 0 Å². The van der Waals surface area contributed by atoms with E-state index in [1.807, 2.05) is 48.5 Å². The summed E-state index contributed by atoms with van der Waals surface area (Å²) in [6.07, 6.45) is 6.14. The number of hydrogen-bond acceptors (Lipinski definition) is 1. The zero-order valence-corrected chi connectivity index (χ0v) is 11.7. The lowest BCUT2D eigenvalue weighted by molar-refractivity contribution is -0.132. The molecule has 0 aromatic carbocycles. The maximum Gasteiger partial charge on any atom is 0.226 e. The summed E-state index contributed by atoms with van der Waals surface area (Å²) in [4.78, 5) is 12.1.